The molecule has 0 heterocycles. The summed E-state index contributed by atoms with van der Waals surface area (Å²) in [6.45, 7) is 0.505. The van der Waals surface area contributed by atoms with E-state index in [1.54, 1.807) is 12.1 Å². The lowest BCUT2D eigenvalue weighted by Gasteiger charge is -2.23. The molecule has 9 nitrogen and oxygen atoms in total. The van der Waals surface area contributed by atoms with Crippen LogP contribution in [0.5, 0.6) is 5.75 Å². The molecule has 8 N–H and O–H groups in total. The van der Waals surface area contributed by atoms with Gasteiger partial charge in [-0.05, 0) is 42.6 Å². The summed E-state index contributed by atoms with van der Waals surface area (Å²) in [7, 11) is 0. The second-order valence-electron chi connectivity index (χ2n) is 7.91. The molecule has 2 aromatic rings. The number of amides is 2. The maximum atomic E-state index is 13.0. The van der Waals surface area contributed by atoms with E-state index in [-0.39, 0.29) is 18.6 Å². The lowest BCUT2D eigenvalue weighted by molar-refractivity contribution is -0.142. The summed E-state index contributed by atoms with van der Waals surface area (Å²) in [6, 6.07) is 12.2. The molecular weight excluding hydrogens is 424 g/mol. The van der Waals surface area contributed by atoms with Crippen LogP contribution >= 0.6 is 0 Å². The van der Waals surface area contributed by atoms with Crippen LogP contribution < -0.4 is 22.1 Å². The highest BCUT2D eigenvalue weighted by Gasteiger charge is 2.28. The SMILES string of the molecule is NCCCC[C@H](N)C(=O)N[C@H](Cc1ccccc1)C(=O)N[C@@H](Cc1ccc(O)cc1)C(=O)O. The molecule has 0 bridgehead atoms. The highest BCUT2D eigenvalue weighted by molar-refractivity contribution is 5.92. The number of benzene rings is 2. The number of rotatable bonds is 13. The summed E-state index contributed by atoms with van der Waals surface area (Å²) in [4.78, 5) is 37.4. The molecule has 2 aromatic carbocycles. The average Bonchev–Trinajstić information content (AvgIpc) is 2.80. The Morgan fingerprint density at radius 1 is 0.818 bits per heavy atom. The van der Waals surface area contributed by atoms with Crippen LogP contribution in [0.3, 0.4) is 0 Å². The van der Waals surface area contributed by atoms with Gasteiger partial charge in [-0.25, -0.2) is 4.79 Å². The van der Waals surface area contributed by atoms with Crippen LogP contribution in [0.2, 0.25) is 0 Å². The summed E-state index contributed by atoms with van der Waals surface area (Å²) in [6.07, 6.45) is 2.06. The molecule has 0 fully saturated rings. The van der Waals surface area contributed by atoms with Gasteiger partial charge in [0.05, 0.1) is 6.04 Å². The first-order valence-corrected chi connectivity index (χ1v) is 10.9. The van der Waals surface area contributed by atoms with Crippen LogP contribution in [0.15, 0.2) is 54.6 Å². The maximum absolute atomic E-state index is 13.0. The van der Waals surface area contributed by atoms with Crippen molar-refractivity contribution in [3.05, 3.63) is 65.7 Å². The normalized spacial score (nSPS) is 13.5. The van der Waals surface area contributed by atoms with Gasteiger partial charge >= 0.3 is 5.97 Å². The van der Waals surface area contributed by atoms with E-state index in [1.165, 1.54) is 12.1 Å². The van der Waals surface area contributed by atoms with E-state index in [2.05, 4.69) is 10.6 Å². The van der Waals surface area contributed by atoms with Gasteiger partial charge in [0, 0.05) is 12.8 Å². The lowest BCUT2D eigenvalue weighted by Crippen LogP contribution is -2.55. The van der Waals surface area contributed by atoms with Gasteiger partial charge < -0.3 is 32.3 Å². The van der Waals surface area contributed by atoms with Crippen molar-refractivity contribution >= 4 is 17.8 Å². The van der Waals surface area contributed by atoms with Crippen molar-refractivity contribution in [1.29, 1.82) is 0 Å². The number of nitrogens with two attached hydrogens (primary N) is 2. The van der Waals surface area contributed by atoms with E-state index in [4.69, 9.17) is 11.5 Å². The van der Waals surface area contributed by atoms with Crippen molar-refractivity contribution in [2.24, 2.45) is 11.5 Å². The molecule has 0 aromatic heterocycles. The Labute approximate surface area is 193 Å². The van der Waals surface area contributed by atoms with E-state index in [0.29, 0.717) is 24.9 Å². The minimum absolute atomic E-state index is 0.0198. The molecule has 0 aliphatic carbocycles. The fourth-order valence-corrected chi connectivity index (χ4v) is 3.32. The number of hydrogen-bond acceptors (Lipinski definition) is 6. The van der Waals surface area contributed by atoms with Crippen LogP contribution in [0.25, 0.3) is 0 Å². The highest BCUT2D eigenvalue weighted by Crippen LogP contribution is 2.12. The molecule has 33 heavy (non-hydrogen) atoms. The van der Waals surface area contributed by atoms with Gasteiger partial charge in [-0.15, -0.1) is 0 Å². The zero-order valence-corrected chi connectivity index (χ0v) is 18.4. The Bertz CT molecular complexity index is 905. The smallest absolute Gasteiger partial charge is 0.326 e. The fourth-order valence-electron chi connectivity index (χ4n) is 3.32. The van der Waals surface area contributed by atoms with Crippen LogP contribution in [-0.2, 0) is 27.2 Å². The summed E-state index contributed by atoms with van der Waals surface area (Å²) in [5.41, 5.74) is 12.9. The van der Waals surface area contributed by atoms with Crippen LogP contribution in [0.1, 0.15) is 30.4 Å². The number of aliphatic carboxylic acids is 1. The van der Waals surface area contributed by atoms with Gasteiger partial charge in [0.25, 0.3) is 0 Å². The number of aromatic hydroxyl groups is 1. The van der Waals surface area contributed by atoms with E-state index in [9.17, 15) is 24.6 Å². The number of hydrogen-bond donors (Lipinski definition) is 6. The molecule has 0 aliphatic heterocycles. The Morgan fingerprint density at radius 3 is 2.00 bits per heavy atom. The molecule has 0 saturated heterocycles. The van der Waals surface area contributed by atoms with Crippen LogP contribution in [0, 0.1) is 0 Å². The summed E-state index contributed by atoms with van der Waals surface area (Å²) in [5, 5.41) is 24.2. The molecule has 2 amide bonds. The molecule has 0 spiro atoms. The predicted octanol–water partition coefficient (Wildman–Crippen LogP) is 0.688. The molecule has 0 unspecified atom stereocenters. The van der Waals surface area contributed by atoms with E-state index in [0.717, 1.165) is 12.0 Å². The van der Waals surface area contributed by atoms with Crippen molar-refractivity contribution in [3.63, 3.8) is 0 Å². The Hall–Kier alpha value is -3.43. The first kappa shape index (κ1) is 25.8. The first-order valence-electron chi connectivity index (χ1n) is 10.9. The standard InChI is InChI=1S/C24H32N4O5/c25-13-5-4-8-19(26)22(30)27-20(14-16-6-2-1-3-7-16)23(31)28-21(24(32)33)15-17-9-11-18(29)12-10-17/h1-3,6-7,9-12,19-21,29H,4-5,8,13-15,25-26H2,(H,27,30)(H,28,31)(H,32,33)/t19-,20+,21-/m0/s1. The van der Waals surface area contributed by atoms with E-state index in [1.807, 2.05) is 30.3 Å². The van der Waals surface area contributed by atoms with Gasteiger partial charge in [0.2, 0.25) is 11.8 Å². The van der Waals surface area contributed by atoms with Gasteiger partial charge in [0.15, 0.2) is 0 Å². The maximum Gasteiger partial charge on any atom is 0.326 e. The molecule has 0 saturated carbocycles. The Morgan fingerprint density at radius 2 is 1.39 bits per heavy atom. The number of carboxylic acids is 1. The number of phenolic OH excluding ortho intramolecular Hbond substituents is 1. The number of carboxylic acid groups (broad SMARTS) is 1. The second-order valence-corrected chi connectivity index (χ2v) is 7.91. The first-order chi connectivity index (χ1) is 15.8. The number of phenols is 1. The predicted molar refractivity (Wildman–Crippen MR) is 124 cm³/mol. The Kier molecular flexibility index (Phi) is 10.3. The quantitative estimate of drug-likeness (QED) is 0.241. The monoisotopic (exact) mass is 456 g/mol. The fraction of sp³-hybridized carbons (Fsp3) is 0.375. The highest BCUT2D eigenvalue weighted by atomic mass is 16.4. The third kappa shape index (κ3) is 8.91. The Balaban J connectivity index is 2.12. The van der Waals surface area contributed by atoms with Gasteiger partial charge in [0.1, 0.15) is 17.8 Å². The third-order valence-electron chi connectivity index (χ3n) is 5.21. The minimum Gasteiger partial charge on any atom is -0.508 e. The van der Waals surface area contributed by atoms with Crippen LogP contribution in [0.4, 0.5) is 0 Å². The van der Waals surface area contributed by atoms with E-state index < -0.39 is 35.9 Å². The zero-order chi connectivity index (χ0) is 24.2. The molecule has 9 heteroatoms. The number of nitrogens with one attached hydrogen (secondary N) is 2. The summed E-state index contributed by atoms with van der Waals surface area (Å²) < 4.78 is 0. The van der Waals surface area contributed by atoms with Gasteiger partial charge in [-0.3, -0.25) is 9.59 Å². The third-order valence-corrected chi connectivity index (χ3v) is 5.21. The van der Waals surface area contributed by atoms with Crippen LogP contribution in [-0.4, -0.2) is 52.7 Å². The summed E-state index contributed by atoms with van der Waals surface area (Å²) >= 11 is 0. The van der Waals surface area contributed by atoms with Crippen molar-refractivity contribution < 1.29 is 24.6 Å². The molecule has 178 valence electrons. The van der Waals surface area contributed by atoms with Crippen molar-refractivity contribution in [2.75, 3.05) is 6.54 Å². The zero-order valence-electron chi connectivity index (χ0n) is 18.4. The largest absolute Gasteiger partial charge is 0.508 e. The van der Waals surface area contributed by atoms with Crippen molar-refractivity contribution in [2.45, 2.75) is 50.2 Å². The molecule has 3 atom stereocenters. The average molecular weight is 457 g/mol. The number of carbonyl (C=O) groups is 3. The second kappa shape index (κ2) is 13.2. The van der Waals surface area contributed by atoms with Gasteiger partial charge in [-0.2, -0.15) is 0 Å². The van der Waals surface area contributed by atoms with E-state index >= 15 is 0 Å². The molecule has 0 radical (unpaired) electrons. The number of carbonyl (C=O) groups excluding carboxylic acids is 2. The molecule has 0 aliphatic rings. The van der Waals surface area contributed by atoms with Crippen molar-refractivity contribution in [1.82, 2.24) is 10.6 Å². The summed E-state index contributed by atoms with van der Waals surface area (Å²) in [5.74, 6) is -2.25. The lowest BCUT2D eigenvalue weighted by atomic mass is 10.0. The van der Waals surface area contributed by atoms with Gasteiger partial charge in [-0.1, -0.05) is 48.9 Å². The molecule has 2 rings (SSSR count). The topological polar surface area (TPSA) is 168 Å². The minimum atomic E-state index is -1.21. The molecular formula is C24H32N4O5. The number of unbranched alkanes of at least 4 members (excludes halogenated alkanes) is 1. The van der Waals surface area contributed by atoms with Crippen molar-refractivity contribution in [3.8, 4) is 5.75 Å².